The Morgan fingerprint density at radius 2 is 1.95 bits per heavy atom. The van der Waals surface area contributed by atoms with Crippen molar-refractivity contribution in [3.8, 4) is 0 Å². The van der Waals surface area contributed by atoms with Gasteiger partial charge < -0.3 is 20.3 Å². The molecule has 2 fully saturated rings. The van der Waals surface area contributed by atoms with Gasteiger partial charge in [-0.05, 0) is 53.4 Å². The van der Waals surface area contributed by atoms with Crippen LogP contribution in [0.3, 0.4) is 0 Å². The van der Waals surface area contributed by atoms with Crippen molar-refractivity contribution in [2.75, 3.05) is 13.1 Å². The second-order valence-corrected chi connectivity index (χ2v) is 7.50. The molecule has 2 aliphatic heterocycles. The van der Waals surface area contributed by atoms with E-state index >= 15 is 0 Å². The second-order valence-electron chi connectivity index (χ2n) is 7.50. The summed E-state index contributed by atoms with van der Waals surface area (Å²) in [6, 6.07) is -0.154. The lowest BCUT2D eigenvalue weighted by molar-refractivity contribution is -0.142. The minimum atomic E-state index is -0.499. The number of nitrogens with zero attached hydrogens (tertiary/aromatic N) is 2. The van der Waals surface area contributed by atoms with Gasteiger partial charge in [-0.2, -0.15) is 0 Å². The van der Waals surface area contributed by atoms with E-state index in [0.29, 0.717) is 13.1 Å². The molecule has 0 aromatic rings. The molecular weight excluding hydrogens is 282 g/mol. The van der Waals surface area contributed by atoms with Gasteiger partial charge in [0.2, 0.25) is 5.91 Å². The van der Waals surface area contributed by atoms with Crippen LogP contribution in [0, 0.1) is 0 Å². The summed E-state index contributed by atoms with van der Waals surface area (Å²) in [5.74, 6) is 0.0230. The van der Waals surface area contributed by atoms with Crippen LogP contribution in [0.25, 0.3) is 0 Å². The van der Waals surface area contributed by atoms with Crippen molar-refractivity contribution in [3.63, 3.8) is 0 Å². The average Bonchev–Trinajstić information content (AvgIpc) is 2.42. The lowest BCUT2D eigenvalue weighted by Crippen LogP contribution is -2.60. The topological polar surface area (TPSA) is 75.9 Å². The fourth-order valence-electron chi connectivity index (χ4n) is 3.31. The van der Waals surface area contributed by atoms with Crippen molar-refractivity contribution in [1.82, 2.24) is 9.80 Å². The van der Waals surface area contributed by atoms with Gasteiger partial charge in [-0.15, -0.1) is 0 Å². The maximum atomic E-state index is 12.4. The maximum absolute atomic E-state index is 12.4. The van der Waals surface area contributed by atoms with Gasteiger partial charge >= 0.3 is 6.09 Å². The Kier molecular flexibility index (Phi) is 5.00. The van der Waals surface area contributed by atoms with E-state index < -0.39 is 11.6 Å². The van der Waals surface area contributed by atoms with Crippen LogP contribution in [-0.2, 0) is 9.53 Å². The van der Waals surface area contributed by atoms with Crippen LogP contribution >= 0.6 is 0 Å². The van der Waals surface area contributed by atoms with E-state index in [4.69, 9.17) is 10.5 Å². The molecule has 0 aromatic heterocycles. The number of carbonyl (C=O) groups excluding carboxylic acids is 2. The fraction of sp³-hybridized carbons (Fsp3) is 0.875. The number of rotatable bonds is 1. The zero-order chi connectivity index (χ0) is 16.5. The Balaban J connectivity index is 2.03. The Hall–Kier alpha value is -1.30. The predicted octanol–water partition coefficient (Wildman–Crippen LogP) is 1.72. The molecule has 0 aromatic carbocycles. The van der Waals surface area contributed by atoms with Crippen LogP contribution in [0.1, 0.15) is 53.4 Å². The van der Waals surface area contributed by atoms with Crippen molar-refractivity contribution < 1.29 is 14.3 Å². The largest absolute Gasteiger partial charge is 0.444 e. The van der Waals surface area contributed by atoms with Crippen LogP contribution in [-0.4, -0.2) is 58.6 Å². The molecule has 2 rings (SSSR count). The monoisotopic (exact) mass is 311 g/mol. The fourth-order valence-corrected chi connectivity index (χ4v) is 3.31. The van der Waals surface area contributed by atoms with Gasteiger partial charge in [-0.1, -0.05) is 0 Å². The zero-order valence-electron chi connectivity index (χ0n) is 14.2. The molecule has 0 radical (unpaired) electrons. The lowest BCUT2D eigenvalue weighted by Gasteiger charge is -2.45. The van der Waals surface area contributed by atoms with E-state index in [0.717, 1.165) is 25.7 Å². The van der Waals surface area contributed by atoms with E-state index in [2.05, 4.69) is 6.92 Å². The van der Waals surface area contributed by atoms with Crippen LogP contribution in [0.2, 0.25) is 0 Å². The molecule has 126 valence electrons. The Bertz CT molecular complexity index is 433. The maximum Gasteiger partial charge on any atom is 0.410 e. The molecule has 1 unspecified atom stereocenters. The lowest BCUT2D eigenvalue weighted by atomic mass is 9.94. The quantitative estimate of drug-likeness (QED) is 0.800. The molecule has 2 saturated heterocycles. The number of hydrogen-bond donors (Lipinski definition) is 1. The smallest absolute Gasteiger partial charge is 0.410 e. The minimum Gasteiger partial charge on any atom is -0.444 e. The molecule has 0 saturated carbocycles. The normalized spacial score (nSPS) is 30.4. The first-order valence-electron chi connectivity index (χ1n) is 8.24. The minimum absolute atomic E-state index is 0.0230. The Labute approximate surface area is 132 Å². The number of amides is 2. The van der Waals surface area contributed by atoms with Gasteiger partial charge in [0.15, 0.2) is 0 Å². The standard InChI is InChI=1S/C16H29N3O3/c1-11-7-8-13(17)14(20)19(11)12-6-5-9-18(10-12)15(21)22-16(2,3)4/h11-13H,5-10,17H2,1-4H3/t11?,12-,13-/m1/s1. The highest BCUT2D eigenvalue weighted by molar-refractivity contribution is 5.83. The first-order valence-corrected chi connectivity index (χ1v) is 8.24. The molecule has 0 spiro atoms. The van der Waals surface area contributed by atoms with E-state index in [1.165, 1.54) is 0 Å². The molecule has 6 nitrogen and oxygen atoms in total. The molecule has 2 heterocycles. The summed E-state index contributed by atoms with van der Waals surface area (Å²) in [4.78, 5) is 28.3. The van der Waals surface area contributed by atoms with Gasteiger partial charge in [0.1, 0.15) is 5.60 Å². The molecule has 22 heavy (non-hydrogen) atoms. The number of hydrogen-bond acceptors (Lipinski definition) is 4. The average molecular weight is 311 g/mol. The number of nitrogens with two attached hydrogens (primary N) is 1. The summed E-state index contributed by atoms with van der Waals surface area (Å²) in [6.07, 6.45) is 3.19. The van der Waals surface area contributed by atoms with Crippen molar-refractivity contribution in [1.29, 1.82) is 0 Å². The third-order valence-corrected chi connectivity index (χ3v) is 4.38. The molecule has 2 N–H and O–H groups in total. The number of piperidine rings is 2. The Morgan fingerprint density at radius 3 is 2.59 bits per heavy atom. The zero-order valence-corrected chi connectivity index (χ0v) is 14.2. The van der Waals surface area contributed by atoms with Gasteiger partial charge in [0, 0.05) is 25.2 Å². The summed E-state index contributed by atoms with van der Waals surface area (Å²) in [7, 11) is 0. The SMILES string of the molecule is CC1CC[C@@H](N)C(=O)N1[C@@H]1CCCN(C(=O)OC(C)(C)C)C1. The van der Waals surface area contributed by atoms with Crippen LogP contribution in [0.5, 0.6) is 0 Å². The van der Waals surface area contributed by atoms with Crippen molar-refractivity contribution in [2.45, 2.75) is 77.1 Å². The van der Waals surface area contributed by atoms with Crippen molar-refractivity contribution in [3.05, 3.63) is 0 Å². The molecule has 3 atom stereocenters. The van der Waals surface area contributed by atoms with E-state index in [9.17, 15) is 9.59 Å². The highest BCUT2D eigenvalue weighted by atomic mass is 16.6. The third kappa shape index (κ3) is 3.91. The number of carbonyl (C=O) groups is 2. The number of ether oxygens (including phenoxy) is 1. The molecule has 0 bridgehead atoms. The summed E-state index contributed by atoms with van der Waals surface area (Å²) in [6.45, 7) is 8.88. The first kappa shape index (κ1) is 17.1. The van der Waals surface area contributed by atoms with Crippen LogP contribution < -0.4 is 5.73 Å². The summed E-state index contributed by atoms with van der Waals surface area (Å²) < 4.78 is 5.45. The summed E-state index contributed by atoms with van der Waals surface area (Å²) in [5.41, 5.74) is 5.42. The molecular formula is C16H29N3O3. The van der Waals surface area contributed by atoms with Crippen molar-refractivity contribution >= 4 is 12.0 Å². The van der Waals surface area contributed by atoms with Crippen LogP contribution in [0.4, 0.5) is 4.79 Å². The molecule has 2 aliphatic rings. The van der Waals surface area contributed by atoms with Crippen molar-refractivity contribution in [2.24, 2.45) is 5.73 Å². The molecule has 6 heteroatoms. The molecule has 0 aliphatic carbocycles. The summed E-state index contributed by atoms with van der Waals surface area (Å²) in [5, 5.41) is 0. The first-order chi connectivity index (χ1) is 10.2. The van der Waals surface area contributed by atoms with Crippen LogP contribution in [0.15, 0.2) is 0 Å². The highest BCUT2D eigenvalue weighted by Gasteiger charge is 2.38. The molecule has 2 amide bonds. The van der Waals surface area contributed by atoms with E-state index in [1.807, 2.05) is 25.7 Å². The number of likely N-dealkylation sites (tertiary alicyclic amines) is 2. The predicted molar refractivity (Wildman–Crippen MR) is 84.3 cm³/mol. The highest BCUT2D eigenvalue weighted by Crippen LogP contribution is 2.26. The summed E-state index contributed by atoms with van der Waals surface area (Å²) >= 11 is 0. The van der Waals surface area contributed by atoms with Gasteiger partial charge in [0.25, 0.3) is 0 Å². The Morgan fingerprint density at radius 1 is 1.27 bits per heavy atom. The van der Waals surface area contributed by atoms with E-state index in [-0.39, 0.29) is 24.1 Å². The van der Waals surface area contributed by atoms with Gasteiger partial charge in [-0.3, -0.25) is 4.79 Å². The third-order valence-electron chi connectivity index (χ3n) is 4.38. The van der Waals surface area contributed by atoms with E-state index in [1.54, 1.807) is 4.90 Å². The van der Waals surface area contributed by atoms with Gasteiger partial charge in [0.05, 0.1) is 6.04 Å². The second kappa shape index (κ2) is 6.44. The van der Waals surface area contributed by atoms with Gasteiger partial charge in [-0.25, -0.2) is 4.79 Å².